The van der Waals surface area contributed by atoms with Gasteiger partial charge in [0, 0.05) is 30.2 Å². The molecule has 0 spiro atoms. The third-order valence-corrected chi connectivity index (χ3v) is 4.38. The van der Waals surface area contributed by atoms with E-state index < -0.39 is 0 Å². The van der Waals surface area contributed by atoms with Gasteiger partial charge in [0.15, 0.2) is 0 Å². The molecule has 1 N–H and O–H groups in total. The van der Waals surface area contributed by atoms with Gasteiger partial charge in [-0.2, -0.15) is 5.26 Å². The highest BCUT2D eigenvalue weighted by molar-refractivity contribution is 7.10. The van der Waals surface area contributed by atoms with Crippen LogP contribution >= 0.6 is 11.3 Å². The first-order chi connectivity index (χ1) is 8.63. The molecule has 0 fully saturated rings. The Kier molecular flexibility index (Phi) is 3.85. The van der Waals surface area contributed by atoms with Crippen LogP contribution in [0, 0.1) is 18.3 Å². The molecule has 2 heterocycles. The molecular weight excluding hydrogens is 242 g/mol. The van der Waals surface area contributed by atoms with Crippen LogP contribution in [-0.4, -0.2) is 4.57 Å². The van der Waals surface area contributed by atoms with Crippen LogP contribution in [0.3, 0.4) is 0 Å². The summed E-state index contributed by atoms with van der Waals surface area (Å²) in [6.45, 7) is 5.00. The maximum absolute atomic E-state index is 8.99. The second-order valence-corrected chi connectivity index (χ2v) is 5.41. The van der Waals surface area contributed by atoms with Gasteiger partial charge in [0.1, 0.15) is 11.8 Å². The molecule has 0 saturated carbocycles. The van der Waals surface area contributed by atoms with Crippen molar-refractivity contribution in [1.82, 2.24) is 9.88 Å². The second kappa shape index (κ2) is 5.38. The molecule has 2 rings (SSSR count). The first-order valence-corrected chi connectivity index (χ1v) is 6.83. The van der Waals surface area contributed by atoms with Crippen molar-refractivity contribution in [2.24, 2.45) is 7.05 Å². The highest BCUT2D eigenvalue weighted by atomic mass is 32.1. The van der Waals surface area contributed by atoms with Crippen molar-refractivity contribution >= 4 is 11.3 Å². The van der Waals surface area contributed by atoms with Crippen LogP contribution in [0.5, 0.6) is 0 Å². The topological polar surface area (TPSA) is 40.8 Å². The molecule has 0 amide bonds. The number of rotatable bonds is 4. The van der Waals surface area contributed by atoms with Crippen molar-refractivity contribution in [3.8, 4) is 6.07 Å². The van der Waals surface area contributed by atoms with Crippen LogP contribution in [0.1, 0.15) is 34.8 Å². The third kappa shape index (κ3) is 2.47. The normalized spacial score (nSPS) is 12.3. The summed E-state index contributed by atoms with van der Waals surface area (Å²) in [5.74, 6) is 0. The summed E-state index contributed by atoms with van der Waals surface area (Å²) in [6.07, 6.45) is 0. The van der Waals surface area contributed by atoms with Crippen LogP contribution in [0.2, 0.25) is 0 Å². The van der Waals surface area contributed by atoms with Gasteiger partial charge in [0.25, 0.3) is 0 Å². The van der Waals surface area contributed by atoms with Gasteiger partial charge in [-0.15, -0.1) is 11.3 Å². The van der Waals surface area contributed by atoms with Crippen LogP contribution in [0.25, 0.3) is 0 Å². The van der Waals surface area contributed by atoms with E-state index in [-0.39, 0.29) is 0 Å². The fourth-order valence-corrected chi connectivity index (χ4v) is 2.71. The van der Waals surface area contributed by atoms with E-state index in [0.29, 0.717) is 11.7 Å². The van der Waals surface area contributed by atoms with Gasteiger partial charge in [0.2, 0.25) is 0 Å². The Balaban J connectivity index is 2.05. The number of nitriles is 1. The fourth-order valence-electron chi connectivity index (χ4n) is 1.95. The van der Waals surface area contributed by atoms with Crippen molar-refractivity contribution in [1.29, 1.82) is 5.26 Å². The van der Waals surface area contributed by atoms with E-state index in [1.807, 2.05) is 24.6 Å². The molecule has 2 aromatic rings. The lowest BCUT2D eigenvalue weighted by molar-refractivity contribution is 0.580. The first-order valence-electron chi connectivity index (χ1n) is 5.95. The minimum Gasteiger partial charge on any atom is -0.340 e. The van der Waals surface area contributed by atoms with E-state index in [1.54, 1.807) is 11.3 Å². The van der Waals surface area contributed by atoms with Crippen molar-refractivity contribution in [2.75, 3.05) is 0 Å². The lowest BCUT2D eigenvalue weighted by Crippen LogP contribution is -2.17. The molecule has 0 aliphatic heterocycles. The summed E-state index contributed by atoms with van der Waals surface area (Å²) in [5, 5.41) is 14.6. The Bertz CT molecular complexity index is 561. The summed E-state index contributed by atoms with van der Waals surface area (Å²) in [7, 11) is 1.93. The lowest BCUT2D eigenvalue weighted by atomic mass is 10.2. The molecule has 0 unspecified atom stereocenters. The Hall–Kier alpha value is -1.57. The smallest absolute Gasteiger partial charge is 0.120 e. The standard InChI is InChI=1S/C14H17N3S/c1-10(14-5-4-6-18-14)16-9-12-7-13(8-15)17(3)11(12)2/h4-7,10,16H,9H2,1-3H3/t10-/m0/s1. The maximum atomic E-state index is 8.99. The molecule has 3 nitrogen and oxygen atoms in total. The molecule has 0 aromatic carbocycles. The monoisotopic (exact) mass is 259 g/mol. The van der Waals surface area contributed by atoms with Gasteiger partial charge >= 0.3 is 0 Å². The average molecular weight is 259 g/mol. The van der Waals surface area contributed by atoms with Crippen LogP contribution in [0.15, 0.2) is 23.6 Å². The van der Waals surface area contributed by atoms with E-state index >= 15 is 0 Å². The second-order valence-electron chi connectivity index (χ2n) is 4.43. The average Bonchev–Trinajstić information content (AvgIpc) is 2.98. The molecule has 0 bridgehead atoms. The van der Waals surface area contributed by atoms with E-state index in [2.05, 4.69) is 35.8 Å². The van der Waals surface area contributed by atoms with Gasteiger partial charge in [-0.1, -0.05) is 6.07 Å². The molecule has 4 heteroatoms. The van der Waals surface area contributed by atoms with E-state index in [9.17, 15) is 0 Å². The van der Waals surface area contributed by atoms with E-state index in [4.69, 9.17) is 5.26 Å². The summed E-state index contributed by atoms with van der Waals surface area (Å²) in [4.78, 5) is 1.34. The number of aromatic nitrogens is 1. The molecule has 0 saturated heterocycles. The van der Waals surface area contributed by atoms with Crippen molar-refractivity contribution in [3.05, 3.63) is 45.4 Å². The molecule has 18 heavy (non-hydrogen) atoms. The Morgan fingerprint density at radius 1 is 1.56 bits per heavy atom. The van der Waals surface area contributed by atoms with Gasteiger partial charge in [-0.25, -0.2) is 0 Å². The van der Waals surface area contributed by atoms with Crippen molar-refractivity contribution < 1.29 is 0 Å². The molecule has 1 atom stereocenters. The van der Waals surface area contributed by atoms with Crippen molar-refractivity contribution in [2.45, 2.75) is 26.4 Å². The highest BCUT2D eigenvalue weighted by Crippen LogP contribution is 2.20. The molecule has 94 valence electrons. The highest BCUT2D eigenvalue weighted by Gasteiger charge is 2.10. The van der Waals surface area contributed by atoms with Crippen molar-refractivity contribution in [3.63, 3.8) is 0 Å². The summed E-state index contributed by atoms with van der Waals surface area (Å²) in [6, 6.07) is 8.72. The minimum atomic E-state index is 0.343. The first kappa shape index (κ1) is 12.9. The quantitative estimate of drug-likeness (QED) is 0.916. The zero-order chi connectivity index (χ0) is 13.1. The fraction of sp³-hybridized carbons (Fsp3) is 0.357. The molecule has 2 aromatic heterocycles. The number of nitrogens with zero attached hydrogens (tertiary/aromatic N) is 2. The van der Waals surface area contributed by atoms with Crippen LogP contribution < -0.4 is 5.32 Å². The summed E-state index contributed by atoms with van der Waals surface area (Å²) >= 11 is 1.76. The van der Waals surface area contributed by atoms with Gasteiger partial charge in [-0.3, -0.25) is 0 Å². The zero-order valence-electron chi connectivity index (χ0n) is 10.9. The Morgan fingerprint density at radius 3 is 2.89 bits per heavy atom. The maximum Gasteiger partial charge on any atom is 0.120 e. The Morgan fingerprint density at radius 2 is 2.33 bits per heavy atom. The number of nitrogens with one attached hydrogen (secondary N) is 1. The summed E-state index contributed by atoms with van der Waals surface area (Å²) < 4.78 is 1.94. The molecule has 0 aliphatic carbocycles. The number of hydrogen-bond acceptors (Lipinski definition) is 3. The SMILES string of the molecule is Cc1c(CN[C@@H](C)c2cccs2)cc(C#N)n1C. The third-order valence-electron chi connectivity index (χ3n) is 3.32. The predicted octanol–water partition coefficient (Wildman–Crippen LogP) is 3.12. The summed E-state index contributed by atoms with van der Waals surface area (Å²) in [5.41, 5.74) is 3.06. The molecule has 0 radical (unpaired) electrons. The van der Waals surface area contributed by atoms with E-state index in [0.717, 1.165) is 12.2 Å². The van der Waals surface area contributed by atoms with Gasteiger partial charge in [0.05, 0.1) is 0 Å². The largest absolute Gasteiger partial charge is 0.340 e. The van der Waals surface area contributed by atoms with Crippen LogP contribution in [-0.2, 0) is 13.6 Å². The number of hydrogen-bond donors (Lipinski definition) is 1. The van der Waals surface area contributed by atoms with E-state index in [1.165, 1.54) is 10.4 Å². The zero-order valence-corrected chi connectivity index (χ0v) is 11.7. The molecular formula is C14H17N3S. The Labute approximate surface area is 112 Å². The minimum absolute atomic E-state index is 0.343. The van der Waals surface area contributed by atoms with Crippen LogP contribution in [0.4, 0.5) is 0 Å². The lowest BCUT2D eigenvalue weighted by Gasteiger charge is -2.12. The van der Waals surface area contributed by atoms with Gasteiger partial charge < -0.3 is 9.88 Å². The predicted molar refractivity (Wildman–Crippen MR) is 74.4 cm³/mol. The number of thiophene rings is 1. The van der Waals surface area contributed by atoms with Gasteiger partial charge in [-0.05, 0) is 36.9 Å². The molecule has 0 aliphatic rings.